The number of ether oxygens (including phenoxy) is 1. The minimum absolute atomic E-state index is 0.0676. The molecule has 2 rings (SSSR count). The first-order valence-electron chi connectivity index (χ1n) is 7.55. The first kappa shape index (κ1) is 17.4. The van der Waals surface area contributed by atoms with Gasteiger partial charge in [-0.3, -0.25) is 0 Å². The van der Waals surface area contributed by atoms with E-state index in [0.717, 1.165) is 0 Å². The fourth-order valence-electron chi connectivity index (χ4n) is 2.45. The maximum Gasteiger partial charge on any atom is 0.191 e. The number of sulfone groups is 1. The molecular formula is C15H23N3O4S. The largest absolute Gasteiger partial charge is 0.504 e. The Morgan fingerprint density at radius 3 is 2.87 bits per heavy atom. The van der Waals surface area contributed by atoms with Crippen LogP contribution in [-0.2, 0) is 16.4 Å². The summed E-state index contributed by atoms with van der Waals surface area (Å²) < 4.78 is 28.1. The van der Waals surface area contributed by atoms with Gasteiger partial charge in [0.15, 0.2) is 27.3 Å². The van der Waals surface area contributed by atoms with E-state index in [0.29, 0.717) is 30.2 Å². The van der Waals surface area contributed by atoms with Crippen LogP contribution < -0.4 is 15.4 Å². The van der Waals surface area contributed by atoms with Gasteiger partial charge in [0.2, 0.25) is 0 Å². The van der Waals surface area contributed by atoms with Crippen molar-refractivity contribution in [1.82, 2.24) is 10.6 Å². The van der Waals surface area contributed by atoms with Crippen LogP contribution in [-0.4, -0.2) is 50.7 Å². The van der Waals surface area contributed by atoms with Gasteiger partial charge in [0.1, 0.15) is 0 Å². The lowest BCUT2D eigenvalue weighted by atomic mass is 10.2. The zero-order valence-electron chi connectivity index (χ0n) is 13.4. The van der Waals surface area contributed by atoms with Crippen molar-refractivity contribution < 1.29 is 18.3 Å². The van der Waals surface area contributed by atoms with Gasteiger partial charge in [-0.05, 0) is 19.4 Å². The number of nitrogens with one attached hydrogen (secondary N) is 2. The molecule has 8 heteroatoms. The molecule has 1 aromatic rings. The number of phenols is 1. The van der Waals surface area contributed by atoms with Crippen LogP contribution in [0.1, 0.15) is 18.9 Å². The summed E-state index contributed by atoms with van der Waals surface area (Å²) in [5, 5.41) is 16.3. The second kappa shape index (κ2) is 7.54. The smallest absolute Gasteiger partial charge is 0.191 e. The van der Waals surface area contributed by atoms with E-state index in [2.05, 4.69) is 15.6 Å². The van der Waals surface area contributed by atoms with E-state index in [1.54, 1.807) is 18.2 Å². The molecule has 0 bridgehead atoms. The lowest BCUT2D eigenvalue weighted by Gasteiger charge is -2.16. The number of hydrogen-bond donors (Lipinski definition) is 3. The van der Waals surface area contributed by atoms with Gasteiger partial charge >= 0.3 is 0 Å². The Morgan fingerprint density at radius 2 is 2.26 bits per heavy atom. The number of methoxy groups -OCH3 is 1. The molecule has 23 heavy (non-hydrogen) atoms. The summed E-state index contributed by atoms with van der Waals surface area (Å²) in [6, 6.07) is 5.10. The van der Waals surface area contributed by atoms with Crippen molar-refractivity contribution in [1.29, 1.82) is 0 Å². The fraction of sp³-hybridized carbons (Fsp3) is 0.533. The monoisotopic (exact) mass is 341 g/mol. The Morgan fingerprint density at radius 1 is 1.48 bits per heavy atom. The second-order valence-electron chi connectivity index (χ2n) is 5.41. The van der Waals surface area contributed by atoms with E-state index in [4.69, 9.17) is 4.74 Å². The van der Waals surface area contributed by atoms with Crippen molar-refractivity contribution in [3.05, 3.63) is 23.8 Å². The molecule has 1 aromatic carbocycles. The molecule has 128 valence electrons. The van der Waals surface area contributed by atoms with E-state index >= 15 is 0 Å². The molecule has 1 heterocycles. The third-order valence-electron chi connectivity index (χ3n) is 3.63. The molecule has 1 saturated heterocycles. The van der Waals surface area contributed by atoms with E-state index < -0.39 is 9.84 Å². The topological polar surface area (TPSA) is 100 Å². The van der Waals surface area contributed by atoms with Gasteiger partial charge in [0, 0.05) is 18.2 Å². The number of aliphatic imine (C=N–C) groups is 1. The Kier molecular flexibility index (Phi) is 5.70. The number of guanidine groups is 1. The molecule has 1 fully saturated rings. The summed E-state index contributed by atoms with van der Waals surface area (Å²) in [4.78, 5) is 4.42. The van der Waals surface area contributed by atoms with Crippen LogP contribution in [0.3, 0.4) is 0 Å². The lowest BCUT2D eigenvalue weighted by Crippen LogP contribution is -2.44. The standard InChI is InChI=1S/C15H23N3O4S/c1-3-16-15(18-12-7-8-23(20,21)10-12)17-9-11-5-4-6-13(22-2)14(11)19/h4-6,12,19H,3,7-10H2,1-2H3,(H2,16,17,18). The van der Waals surface area contributed by atoms with Crippen LogP contribution in [0.15, 0.2) is 23.2 Å². The highest BCUT2D eigenvalue weighted by Crippen LogP contribution is 2.29. The van der Waals surface area contributed by atoms with Crippen molar-refractivity contribution in [3.8, 4) is 11.5 Å². The molecule has 0 aromatic heterocycles. The van der Waals surface area contributed by atoms with Crippen molar-refractivity contribution in [3.63, 3.8) is 0 Å². The minimum atomic E-state index is -2.94. The van der Waals surface area contributed by atoms with Crippen molar-refractivity contribution in [2.24, 2.45) is 4.99 Å². The second-order valence-corrected chi connectivity index (χ2v) is 7.64. The molecule has 1 aliphatic rings. The summed E-state index contributed by atoms with van der Waals surface area (Å²) in [6.45, 7) is 2.86. The summed E-state index contributed by atoms with van der Waals surface area (Å²) in [5.74, 6) is 1.34. The third-order valence-corrected chi connectivity index (χ3v) is 5.40. The highest BCUT2D eigenvalue weighted by atomic mass is 32.2. The summed E-state index contributed by atoms with van der Waals surface area (Å²) in [7, 11) is -1.45. The maximum atomic E-state index is 11.5. The molecule has 1 aliphatic heterocycles. The fourth-order valence-corrected chi connectivity index (χ4v) is 4.12. The van der Waals surface area contributed by atoms with E-state index in [1.165, 1.54) is 7.11 Å². The molecule has 0 spiro atoms. The number of benzene rings is 1. The van der Waals surface area contributed by atoms with Crippen LogP contribution in [0, 0.1) is 0 Å². The lowest BCUT2D eigenvalue weighted by molar-refractivity contribution is 0.370. The van der Waals surface area contributed by atoms with Crippen LogP contribution in [0.2, 0.25) is 0 Å². The zero-order valence-corrected chi connectivity index (χ0v) is 14.2. The third kappa shape index (κ3) is 4.75. The first-order chi connectivity index (χ1) is 10.9. The predicted molar refractivity (Wildman–Crippen MR) is 89.7 cm³/mol. The van der Waals surface area contributed by atoms with Gasteiger partial charge in [-0.1, -0.05) is 12.1 Å². The van der Waals surface area contributed by atoms with Gasteiger partial charge in [-0.15, -0.1) is 0 Å². The number of aromatic hydroxyl groups is 1. The number of phenolic OH excluding ortho intramolecular Hbond substituents is 1. The van der Waals surface area contributed by atoms with Crippen molar-refractivity contribution in [2.75, 3.05) is 25.2 Å². The minimum Gasteiger partial charge on any atom is -0.504 e. The predicted octanol–water partition coefficient (Wildman–Crippen LogP) is 0.643. The molecule has 1 unspecified atom stereocenters. The molecule has 1 atom stereocenters. The van der Waals surface area contributed by atoms with Crippen LogP contribution in [0.25, 0.3) is 0 Å². The molecule has 0 amide bonds. The number of hydrogen-bond acceptors (Lipinski definition) is 5. The van der Waals surface area contributed by atoms with Crippen LogP contribution in [0.4, 0.5) is 0 Å². The van der Waals surface area contributed by atoms with E-state index in [9.17, 15) is 13.5 Å². The van der Waals surface area contributed by atoms with Crippen molar-refractivity contribution >= 4 is 15.8 Å². The molecule has 0 saturated carbocycles. The Labute approximate surface area is 136 Å². The van der Waals surface area contributed by atoms with Gasteiger partial charge in [0.05, 0.1) is 25.2 Å². The Hall–Kier alpha value is -1.96. The maximum absolute atomic E-state index is 11.5. The van der Waals surface area contributed by atoms with Gasteiger partial charge in [-0.2, -0.15) is 0 Å². The number of para-hydroxylation sites is 1. The normalized spacial score (nSPS) is 20.3. The van der Waals surface area contributed by atoms with Gasteiger partial charge < -0.3 is 20.5 Å². The van der Waals surface area contributed by atoms with Crippen LogP contribution >= 0.6 is 0 Å². The SMILES string of the molecule is CCNC(=NCc1cccc(OC)c1O)NC1CCS(=O)(=O)C1. The molecule has 0 aliphatic carbocycles. The Bertz CT molecular complexity index is 673. The highest BCUT2D eigenvalue weighted by Gasteiger charge is 2.28. The first-order valence-corrected chi connectivity index (χ1v) is 9.37. The summed E-state index contributed by atoms with van der Waals surface area (Å²) >= 11 is 0. The van der Waals surface area contributed by atoms with Crippen molar-refractivity contribution in [2.45, 2.75) is 25.9 Å². The van der Waals surface area contributed by atoms with E-state index in [-0.39, 0.29) is 29.8 Å². The Balaban J connectivity index is 2.07. The summed E-state index contributed by atoms with van der Waals surface area (Å²) in [6.07, 6.45) is 0.581. The molecule has 3 N–H and O–H groups in total. The zero-order chi connectivity index (χ0) is 16.9. The molecular weight excluding hydrogens is 318 g/mol. The average Bonchev–Trinajstić information content (AvgIpc) is 2.85. The van der Waals surface area contributed by atoms with Gasteiger partial charge in [0.25, 0.3) is 0 Å². The average molecular weight is 341 g/mol. The summed E-state index contributed by atoms with van der Waals surface area (Å²) in [5.41, 5.74) is 0.639. The highest BCUT2D eigenvalue weighted by molar-refractivity contribution is 7.91. The molecule has 7 nitrogen and oxygen atoms in total. The molecule has 0 radical (unpaired) electrons. The van der Waals surface area contributed by atoms with Crippen LogP contribution in [0.5, 0.6) is 11.5 Å². The van der Waals surface area contributed by atoms with E-state index in [1.807, 2.05) is 6.92 Å². The number of nitrogens with zero attached hydrogens (tertiary/aromatic N) is 1. The quantitative estimate of drug-likeness (QED) is 0.537. The van der Waals surface area contributed by atoms with Gasteiger partial charge in [-0.25, -0.2) is 13.4 Å². The number of rotatable bonds is 5.